The lowest BCUT2D eigenvalue weighted by Gasteiger charge is -2.15. The molecule has 4 rings (SSSR count). The van der Waals surface area contributed by atoms with E-state index in [1.54, 1.807) is 4.68 Å². The lowest BCUT2D eigenvalue weighted by Crippen LogP contribution is -2.33. The van der Waals surface area contributed by atoms with Gasteiger partial charge in [0.2, 0.25) is 0 Å². The number of aromatic nitrogens is 3. The average Bonchev–Trinajstić information content (AvgIpc) is 3.31. The summed E-state index contributed by atoms with van der Waals surface area (Å²) in [5.41, 5.74) is 4.65. The number of nitrogens with one attached hydrogen (secondary N) is 1. The topological polar surface area (TPSA) is 63.1 Å². The van der Waals surface area contributed by atoms with Crippen molar-refractivity contribution in [2.45, 2.75) is 33.6 Å². The van der Waals surface area contributed by atoms with E-state index >= 15 is 0 Å². The molecule has 2 aromatic heterocycles. The summed E-state index contributed by atoms with van der Waals surface area (Å²) in [6.07, 6.45) is 2.50. The van der Waals surface area contributed by atoms with Gasteiger partial charge in [0.1, 0.15) is 0 Å². The van der Waals surface area contributed by atoms with Crippen LogP contribution in [0.2, 0.25) is 5.02 Å². The molecule has 0 aliphatic carbocycles. The maximum absolute atomic E-state index is 13.0. The minimum Gasteiger partial charge on any atom is -0.351 e. The van der Waals surface area contributed by atoms with Gasteiger partial charge in [0.25, 0.3) is 5.91 Å². The molecule has 0 saturated carbocycles. The van der Waals surface area contributed by atoms with Crippen LogP contribution in [-0.4, -0.2) is 51.8 Å². The van der Waals surface area contributed by atoms with Crippen molar-refractivity contribution < 1.29 is 4.79 Å². The second-order valence-corrected chi connectivity index (χ2v) is 8.10. The molecule has 1 aliphatic heterocycles. The van der Waals surface area contributed by atoms with Crippen molar-refractivity contribution in [3.05, 3.63) is 51.8 Å². The Morgan fingerprint density at radius 3 is 2.72 bits per heavy atom. The van der Waals surface area contributed by atoms with Gasteiger partial charge in [0.05, 0.1) is 22.3 Å². The zero-order valence-corrected chi connectivity index (χ0v) is 17.9. The van der Waals surface area contributed by atoms with Crippen molar-refractivity contribution in [2.24, 2.45) is 0 Å². The number of fused-ring (bicyclic) bond motifs is 1. The van der Waals surface area contributed by atoms with E-state index in [4.69, 9.17) is 21.7 Å². The van der Waals surface area contributed by atoms with E-state index in [0.717, 1.165) is 47.7 Å². The summed E-state index contributed by atoms with van der Waals surface area (Å²) in [7, 11) is 0. The van der Waals surface area contributed by atoms with Crippen LogP contribution in [-0.2, 0) is 0 Å². The first-order valence-electron chi connectivity index (χ1n) is 10.1. The van der Waals surface area contributed by atoms with E-state index < -0.39 is 0 Å². The van der Waals surface area contributed by atoms with Gasteiger partial charge in [0.15, 0.2) is 5.65 Å². The predicted octanol–water partition coefficient (Wildman–Crippen LogP) is 3.82. The van der Waals surface area contributed by atoms with Gasteiger partial charge >= 0.3 is 0 Å². The first-order chi connectivity index (χ1) is 14.0. The minimum absolute atomic E-state index is 0.0786. The standard InChI is InChI=1S/C22H26ClN5O/c1-14-13-17(22(29)24-9-12-27-10-4-5-11-27)20-16(3)26-28(21(20)25-14)19-8-6-7-18(23)15(19)2/h6-8,13H,4-5,9-12H2,1-3H3,(H,24,29). The largest absolute Gasteiger partial charge is 0.351 e. The lowest BCUT2D eigenvalue weighted by atomic mass is 10.1. The van der Waals surface area contributed by atoms with Crippen molar-refractivity contribution in [1.29, 1.82) is 0 Å². The van der Waals surface area contributed by atoms with Gasteiger partial charge in [0, 0.05) is 23.8 Å². The van der Waals surface area contributed by atoms with Crippen LogP contribution in [0.4, 0.5) is 0 Å². The molecule has 0 bridgehead atoms. The first-order valence-corrected chi connectivity index (χ1v) is 10.5. The number of halogens is 1. The van der Waals surface area contributed by atoms with Crippen LogP contribution in [0.3, 0.4) is 0 Å². The van der Waals surface area contributed by atoms with E-state index in [1.807, 2.05) is 45.0 Å². The van der Waals surface area contributed by atoms with Crippen LogP contribution in [0.1, 0.15) is 40.2 Å². The van der Waals surface area contributed by atoms with Gasteiger partial charge in [-0.25, -0.2) is 9.67 Å². The van der Waals surface area contributed by atoms with Crippen LogP contribution < -0.4 is 5.32 Å². The Balaban J connectivity index is 1.69. The third-order valence-electron chi connectivity index (χ3n) is 5.57. The smallest absolute Gasteiger partial charge is 0.252 e. The zero-order valence-electron chi connectivity index (χ0n) is 17.1. The molecule has 1 N–H and O–H groups in total. The molecular weight excluding hydrogens is 386 g/mol. The van der Waals surface area contributed by atoms with Crippen LogP contribution in [0.25, 0.3) is 16.7 Å². The minimum atomic E-state index is -0.0786. The SMILES string of the molecule is Cc1cc(C(=O)NCCN2CCCC2)c2c(C)nn(-c3cccc(Cl)c3C)c2n1. The predicted molar refractivity (Wildman–Crippen MR) is 116 cm³/mol. The maximum atomic E-state index is 13.0. The van der Waals surface area contributed by atoms with Crippen molar-refractivity contribution in [2.75, 3.05) is 26.2 Å². The number of carbonyl (C=O) groups excluding carboxylic acids is 1. The van der Waals surface area contributed by atoms with Gasteiger partial charge < -0.3 is 10.2 Å². The summed E-state index contributed by atoms with van der Waals surface area (Å²) >= 11 is 6.32. The second kappa shape index (κ2) is 8.13. The molecule has 1 amide bonds. The van der Waals surface area contributed by atoms with Crippen LogP contribution in [0, 0.1) is 20.8 Å². The quantitative estimate of drug-likeness (QED) is 0.693. The summed E-state index contributed by atoms with van der Waals surface area (Å²) in [4.78, 5) is 20.1. The maximum Gasteiger partial charge on any atom is 0.252 e. The Morgan fingerprint density at radius 2 is 1.97 bits per heavy atom. The summed E-state index contributed by atoms with van der Waals surface area (Å²) in [5.74, 6) is -0.0786. The molecule has 1 saturated heterocycles. The van der Waals surface area contributed by atoms with Gasteiger partial charge in [-0.15, -0.1) is 0 Å². The molecule has 1 fully saturated rings. The highest BCUT2D eigenvalue weighted by Crippen LogP contribution is 2.28. The molecule has 29 heavy (non-hydrogen) atoms. The molecule has 0 atom stereocenters. The molecule has 6 nitrogen and oxygen atoms in total. The van der Waals surface area contributed by atoms with Crippen molar-refractivity contribution in [1.82, 2.24) is 25.0 Å². The second-order valence-electron chi connectivity index (χ2n) is 7.70. The fraction of sp³-hybridized carbons (Fsp3) is 0.409. The van der Waals surface area contributed by atoms with Crippen molar-refractivity contribution in [3.8, 4) is 5.69 Å². The van der Waals surface area contributed by atoms with Crippen LogP contribution in [0.5, 0.6) is 0 Å². The third kappa shape index (κ3) is 3.87. The van der Waals surface area contributed by atoms with Gasteiger partial charge in [-0.1, -0.05) is 17.7 Å². The normalized spacial score (nSPS) is 14.6. The molecule has 0 unspecified atom stereocenters. The number of hydrogen-bond acceptors (Lipinski definition) is 4. The van der Waals surface area contributed by atoms with E-state index in [-0.39, 0.29) is 5.91 Å². The average molecular weight is 412 g/mol. The van der Waals surface area contributed by atoms with Gasteiger partial charge in [-0.2, -0.15) is 5.10 Å². The zero-order chi connectivity index (χ0) is 20.5. The molecule has 1 aliphatic rings. The highest BCUT2D eigenvalue weighted by atomic mass is 35.5. The first kappa shape index (κ1) is 19.9. The van der Waals surface area contributed by atoms with E-state index in [0.29, 0.717) is 22.8 Å². The van der Waals surface area contributed by atoms with Crippen molar-refractivity contribution in [3.63, 3.8) is 0 Å². The highest BCUT2D eigenvalue weighted by molar-refractivity contribution is 6.31. The fourth-order valence-electron chi connectivity index (χ4n) is 4.02. The Bertz CT molecular complexity index is 1070. The molecular formula is C22H26ClN5O. The molecule has 1 aromatic carbocycles. The number of aryl methyl sites for hydroxylation is 2. The summed E-state index contributed by atoms with van der Waals surface area (Å²) in [6, 6.07) is 7.57. The molecule has 3 aromatic rings. The lowest BCUT2D eigenvalue weighted by molar-refractivity contribution is 0.0951. The Kier molecular flexibility index (Phi) is 5.56. The van der Waals surface area contributed by atoms with Crippen LogP contribution in [0.15, 0.2) is 24.3 Å². The molecule has 3 heterocycles. The van der Waals surface area contributed by atoms with Gasteiger partial charge in [-0.3, -0.25) is 4.79 Å². The van der Waals surface area contributed by atoms with E-state index in [2.05, 4.69) is 10.2 Å². The van der Waals surface area contributed by atoms with E-state index in [1.165, 1.54) is 12.8 Å². The Hall–Kier alpha value is -2.44. The molecule has 0 spiro atoms. The van der Waals surface area contributed by atoms with Crippen molar-refractivity contribution >= 4 is 28.5 Å². The number of rotatable bonds is 5. The van der Waals surface area contributed by atoms with Crippen LogP contribution >= 0.6 is 11.6 Å². The molecule has 0 radical (unpaired) electrons. The number of carbonyl (C=O) groups is 1. The Morgan fingerprint density at radius 1 is 1.21 bits per heavy atom. The summed E-state index contributed by atoms with van der Waals surface area (Å²) in [6.45, 7) is 9.55. The number of pyridine rings is 1. The molecule has 7 heteroatoms. The number of likely N-dealkylation sites (tertiary alicyclic amines) is 1. The molecule has 152 valence electrons. The number of amides is 1. The Labute approximate surface area is 175 Å². The summed E-state index contributed by atoms with van der Waals surface area (Å²) < 4.78 is 1.79. The number of hydrogen-bond donors (Lipinski definition) is 1. The van der Waals surface area contributed by atoms with E-state index in [9.17, 15) is 4.79 Å². The third-order valence-corrected chi connectivity index (χ3v) is 5.97. The number of nitrogens with zero attached hydrogens (tertiary/aromatic N) is 4. The summed E-state index contributed by atoms with van der Waals surface area (Å²) in [5, 5.41) is 9.24. The van der Waals surface area contributed by atoms with Gasteiger partial charge in [-0.05, 0) is 70.5 Å². The highest BCUT2D eigenvalue weighted by Gasteiger charge is 2.21. The number of benzene rings is 1. The fourth-order valence-corrected chi connectivity index (χ4v) is 4.19. The monoisotopic (exact) mass is 411 g/mol.